The molecule has 1 aliphatic rings. The van der Waals surface area contributed by atoms with Crippen molar-refractivity contribution in [3.63, 3.8) is 0 Å². The van der Waals surface area contributed by atoms with E-state index in [1.165, 1.54) is 12.1 Å². The van der Waals surface area contributed by atoms with Crippen molar-refractivity contribution in [3.8, 4) is 5.75 Å². The highest BCUT2D eigenvalue weighted by atomic mass is 28.4. The molecule has 30 heavy (non-hydrogen) atoms. The second-order valence-electron chi connectivity index (χ2n) is 9.70. The van der Waals surface area contributed by atoms with Crippen LogP contribution in [-0.4, -0.2) is 41.7 Å². The molecule has 1 saturated carbocycles. The maximum Gasteiger partial charge on any atom is 0.332 e. The smallest absolute Gasteiger partial charge is 0.332 e. The predicted octanol–water partition coefficient (Wildman–Crippen LogP) is 4.98. The van der Waals surface area contributed by atoms with Gasteiger partial charge in [-0.3, -0.25) is 0 Å². The van der Waals surface area contributed by atoms with Gasteiger partial charge in [-0.05, 0) is 67.4 Å². The third kappa shape index (κ3) is 5.95. The quantitative estimate of drug-likeness (QED) is 0.413. The molecule has 1 fully saturated rings. The Morgan fingerprint density at radius 2 is 1.53 bits per heavy atom. The first-order valence-corrected chi connectivity index (χ1v) is 13.4. The van der Waals surface area contributed by atoms with E-state index in [0.29, 0.717) is 18.4 Å². The number of phenols is 1. The zero-order valence-corrected chi connectivity index (χ0v) is 19.6. The third-order valence-corrected chi connectivity index (χ3v) is 11.0. The van der Waals surface area contributed by atoms with Crippen LogP contribution in [0.2, 0.25) is 18.1 Å². The van der Waals surface area contributed by atoms with Gasteiger partial charge in [0.2, 0.25) is 0 Å². The van der Waals surface area contributed by atoms with Gasteiger partial charge >= 0.3 is 11.9 Å². The Kier molecular flexibility index (Phi) is 7.53. The van der Waals surface area contributed by atoms with Crippen LogP contribution in [0.5, 0.6) is 5.75 Å². The summed E-state index contributed by atoms with van der Waals surface area (Å²) in [6.45, 7) is 11.0. The Bertz CT molecular complexity index is 796. The zero-order valence-electron chi connectivity index (χ0n) is 18.6. The fourth-order valence-electron chi connectivity index (χ4n) is 3.72. The van der Waals surface area contributed by atoms with Crippen molar-refractivity contribution in [2.45, 2.75) is 77.1 Å². The van der Waals surface area contributed by atoms with Gasteiger partial charge in [0.15, 0.2) is 8.32 Å². The maximum absolute atomic E-state index is 12.0. The first-order valence-electron chi connectivity index (χ1n) is 10.5. The molecule has 3 N–H and O–H groups in total. The van der Waals surface area contributed by atoms with Gasteiger partial charge in [-0.1, -0.05) is 32.9 Å². The van der Waals surface area contributed by atoms with E-state index >= 15 is 0 Å². The van der Waals surface area contributed by atoms with E-state index in [1.54, 1.807) is 12.1 Å². The van der Waals surface area contributed by atoms with E-state index < -0.39 is 20.3 Å². The fourth-order valence-corrected chi connectivity index (χ4v) is 5.14. The minimum Gasteiger partial charge on any atom is -0.508 e. The Morgan fingerprint density at radius 1 is 1.00 bits per heavy atom. The fraction of sp³-hybridized carbons (Fsp3) is 0.565. The Morgan fingerprint density at radius 3 is 1.97 bits per heavy atom. The van der Waals surface area contributed by atoms with Crippen molar-refractivity contribution in [1.29, 1.82) is 0 Å². The zero-order chi connectivity index (χ0) is 22.7. The lowest BCUT2D eigenvalue weighted by atomic mass is 9.79. The molecular weight excluding hydrogens is 400 g/mol. The summed E-state index contributed by atoms with van der Waals surface area (Å²) in [4.78, 5) is 24.0. The van der Waals surface area contributed by atoms with Crippen molar-refractivity contribution in [1.82, 2.24) is 0 Å². The summed E-state index contributed by atoms with van der Waals surface area (Å²) in [6, 6.07) is 6.17. The first kappa shape index (κ1) is 24.1. The van der Waals surface area contributed by atoms with Gasteiger partial charge in [-0.25, -0.2) is 9.59 Å². The summed E-state index contributed by atoms with van der Waals surface area (Å²) < 4.78 is 6.48. The normalized spacial score (nSPS) is 21.1. The molecule has 0 bridgehead atoms. The standard InChI is InChI=1S/C23H34O6Si/c1-23(2,3)30(4,5)29-18-12-8-16(9-13-18)20(22(27)28)19(21(25)26)14-15-6-10-17(24)11-7-15/h6-7,10-11,16,18,24H,8-9,12-14H2,1-5H3,(H,25,26)(H,27,28)/b20-19-/t16-,18+. The SMILES string of the molecule is CC(C)(C)[Si](C)(C)O[C@H]1CC[C@@H](/C(C(=O)O)=C(\Cc2ccc(O)cc2)C(=O)O)CC1. The molecule has 0 amide bonds. The number of carboxylic acid groups (broad SMARTS) is 2. The van der Waals surface area contributed by atoms with Gasteiger partial charge in [-0.2, -0.15) is 0 Å². The van der Waals surface area contributed by atoms with Crippen molar-refractivity contribution in [3.05, 3.63) is 41.0 Å². The summed E-state index contributed by atoms with van der Waals surface area (Å²) in [5.41, 5.74) is 0.571. The number of hydrogen-bond donors (Lipinski definition) is 3. The maximum atomic E-state index is 12.0. The monoisotopic (exact) mass is 434 g/mol. The van der Waals surface area contributed by atoms with Gasteiger partial charge < -0.3 is 19.7 Å². The Balaban J connectivity index is 2.20. The van der Waals surface area contributed by atoms with Crippen LogP contribution in [0.25, 0.3) is 0 Å². The summed E-state index contributed by atoms with van der Waals surface area (Å²) in [6.07, 6.45) is 2.79. The molecule has 0 atom stereocenters. The van der Waals surface area contributed by atoms with Crippen LogP contribution in [-0.2, 0) is 20.4 Å². The number of rotatable bonds is 7. The molecule has 2 rings (SSSR count). The van der Waals surface area contributed by atoms with Crippen molar-refractivity contribution in [2.24, 2.45) is 5.92 Å². The molecule has 0 saturated heterocycles. The number of hydrogen-bond acceptors (Lipinski definition) is 4. The highest BCUT2D eigenvalue weighted by Gasteiger charge is 2.40. The molecule has 1 aliphatic carbocycles. The van der Waals surface area contributed by atoms with Gasteiger partial charge in [0, 0.05) is 12.5 Å². The molecule has 7 heteroatoms. The topological polar surface area (TPSA) is 104 Å². The second-order valence-corrected chi connectivity index (χ2v) is 14.5. The lowest BCUT2D eigenvalue weighted by Gasteiger charge is -2.41. The van der Waals surface area contributed by atoms with Crippen LogP contribution < -0.4 is 0 Å². The van der Waals surface area contributed by atoms with E-state index in [0.717, 1.165) is 12.8 Å². The van der Waals surface area contributed by atoms with Crippen LogP contribution in [0, 0.1) is 5.92 Å². The summed E-state index contributed by atoms with van der Waals surface area (Å²) in [5, 5.41) is 29.1. The minimum atomic E-state index is -1.90. The number of aliphatic carboxylic acids is 2. The van der Waals surface area contributed by atoms with Crippen LogP contribution >= 0.6 is 0 Å². The van der Waals surface area contributed by atoms with Crippen LogP contribution in [0.15, 0.2) is 35.4 Å². The van der Waals surface area contributed by atoms with Crippen LogP contribution in [0.4, 0.5) is 0 Å². The van der Waals surface area contributed by atoms with Crippen molar-refractivity contribution < 1.29 is 29.3 Å². The number of carboxylic acids is 2. The molecular formula is C23H34O6Si. The van der Waals surface area contributed by atoms with Gasteiger partial charge in [0.1, 0.15) is 5.75 Å². The largest absolute Gasteiger partial charge is 0.508 e. The summed E-state index contributed by atoms with van der Waals surface area (Å²) in [7, 11) is -1.90. The molecule has 0 heterocycles. The van der Waals surface area contributed by atoms with E-state index in [2.05, 4.69) is 33.9 Å². The van der Waals surface area contributed by atoms with Crippen LogP contribution in [0.3, 0.4) is 0 Å². The predicted molar refractivity (Wildman–Crippen MR) is 118 cm³/mol. The van der Waals surface area contributed by atoms with Gasteiger partial charge in [-0.15, -0.1) is 0 Å². The lowest BCUT2D eigenvalue weighted by Crippen LogP contribution is -2.44. The molecule has 0 radical (unpaired) electrons. The summed E-state index contributed by atoms with van der Waals surface area (Å²) >= 11 is 0. The number of carbonyl (C=O) groups is 2. The number of aromatic hydroxyl groups is 1. The van der Waals surface area contributed by atoms with E-state index in [1.807, 2.05) is 0 Å². The highest BCUT2D eigenvalue weighted by Crippen LogP contribution is 2.41. The molecule has 0 aliphatic heterocycles. The number of phenolic OH excluding ortho intramolecular Hbond substituents is 1. The summed E-state index contributed by atoms with van der Waals surface area (Å²) in [5.74, 6) is -2.59. The molecule has 6 nitrogen and oxygen atoms in total. The van der Waals surface area contributed by atoms with Crippen molar-refractivity contribution in [2.75, 3.05) is 0 Å². The third-order valence-electron chi connectivity index (χ3n) is 6.48. The molecule has 1 aromatic rings. The van der Waals surface area contributed by atoms with E-state index in [4.69, 9.17) is 4.43 Å². The van der Waals surface area contributed by atoms with Gasteiger partial charge in [0.05, 0.1) is 11.1 Å². The van der Waals surface area contributed by atoms with Crippen molar-refractivity contribution >= 4 is 20.3 Å². The Labute approximate surface area is 179 Å². The average molecular weight is 435 g/mol. The molecule has 0 aromatic heterocycles. The van der Waals surface area contributed by atoms with Crippen LogP contribution in [0.1, 0.15) is 52.0 Å². The number of benzene rings is 1. The first-order chi connectivity index (χ1) is 13.8. The highest BCUT2D eigenvalue weighted by molar-refractivity contribution is 6.74. The average Bonchev–Trinajstić information content (AvgIpc) is 2.62. The van der Waals surface area contributed by atoms with E-state index in [-0.39, 0.29) is 40.4 Å². The minimum absolute atomic E-state index is 0.00125. The Hall–Kier alpha value is -2.12. The molecule has 166 valence electrons. The van der Waals surface area contributed by atoms with Gasteiger partial charge in [0.25, 0.3) is 0 Å². The lowest BCUT2D eigenvalue weighted by molar-refractivity contribution is -0.136. The molecule has 0 unspecified atom stereocenters. The molecule has 1 aromatic carbocycles. The molecule has 0 spiro atoms. The van der Waals surface area contributed by atoms with E-state index in [9.17, 15) is 24.9 Å². The second kappa shape index (κ2) is 9.35.